The van der Waals surface area contributed by atoms with Crippen LogP contribution in [0.15, 0.2) is 29.9 Å². The fourth-order valence-corrected chi connectivity index (χ4v) is 3.21. The quantitative estimate of drug-likeness (QED) is 0.748. The minimum absolute atomic E-state index is 0.195. The molecular formula is C13H14ClN5S. The molecule has 3 rings (SSSR count). The SMILES string of the molecule is CC(C)C(Nc1cc(Cl)nc2ncnn12)c1cccs1. The number of nitrogens with zero attached hydrogens (tertiary/aromatic N) is 4. The van der Waals surface area contributed by atoms with Crippen LogP contribution in [0, 0.1) is 5.92 Å². The number of aromatic nitrogens is 4. The molecule has 0 aliphatic carbocycles. The molecular weight excluding hydrogens is 294 g/mol. The van der Waals surface area contributed by atoms with Crippen molar-refractivity contribution in [3.63, 3.8) is 0 Å². The van der Waals surface area contributed by atoms with Crippen molar-refractivity contribution in [3.05, 3.63) is 39.9 Å². The molecule has 1 N–H and O–H groups in total. The Bertz CT molecular complexity index is 707. The Balaban J connectivity index is 2.00. The van der Waals surface area contributed by atoms with Crippen LogP contribution in [0.25, 0.3) is 5.78 Å². The van der Waals surface area contributed by atoms with Crippen LogP contribution in [0.2, 0.25) is 5.15 Å². The molecule has 0 aliphatic rings. The zero-order chi connectivity index (χ0) is 14.1. The Labute approximate surface area is 125 Å². The van der Waals surface area contributed by atoms with Crippen molar-refractivity contribution < 1.29 is 0 Å². The summed E-state index contributed by atoms with van der Waals surface area (Å²) in [4.78, 5) is 9.48. The first-order chi connectivity index (χ1) is 9.65. The summed E-state index contributed by atoms with van der Waals surface area (Å²) in [6.45, 7) is 4.36. The number of fused-ring (bicyclic) bond motifs is 1. The van der Waals surface area contributed by atoms with Crippen LogP contribution in [0.4, 0.5) is 5.82 Å². The number of thiophene rings is 1. The summed E-state index contributed by atoms with van der Waals surface area (Å²) in [5.74, 6) is 1.72. The van der Waals surface area contributed by atoms with Crippen molar-refractivity contribution in [1.82, 2.24) is 19.6 Å². The maximum Gasteiger partial charge on any atom is 0.255 e. The van der Waals surface area contributed by atoms with Crippen LogP contribution in [0.3, 0.4) is 0 Å². The smallest absolute Gasteiger partial charge is 0.255 e. The lowest BCUT2D eigenvalue weighted by Crippen LogP contribution is -2.18. The van der Waals surface area contributed by atoms with Gasteiger partial charge in [0.05, 0.1) is 6.04 Å². The van der Waals surface area contributed by atoms with E-state index in [0.717, 1.165) is 5.82 Å². The summed E-state index contributed by atoms with van der Waals surface area (Å²) in [5, 5.41) is 10.2. The summed E-state index contributed by atoms with van der Waals surface area (Å²) in [7, 11) is 0. The Kier molecular flexibility index (Phi) is 3.58. The van der Waals surface area contributed by atoms with Gasteiger partial charge < -0.3 is 5.32 Å². The van der Waals surface area contributed by atoms with Gasteiger partial charge in [0.2, 0.25) is 0 Å². The molecule has 20 heavy (non-hydrogen) atoms. The Hall–Kier alpha value is -1.66. The molecule has 0 bridgehead atoms. The highest BCUT2D eigenvalue weighted by molar-refractivity contribution is 7.10. The van der Waals surface area contributed by atoms with Gasteiger partial charge in [-0.05, 0) is 17.4 Å². The number of rotatable bonds is 4. The number of anilines is 1. The van der Waals surface area contributed by atoms with E-state index in [9.17, 15) is 0 Å². The van der Waals surface area contributed by atoms with E-state index in [4.69, 9.17) is 11.6 Å². The summed E-state index contributed by atoms with van der Waals surface area (Å²) in [6.07, 6.45) is 1.47. The molecule has 0 aromatic carbocycles. The van der Waals surface area contributed by atoms with Gasteiger partial charge in [-0.25, -0.2) is 0 Å². The van der Waals surface area contributed by atoms with Gasteiger partial charge in [0.1, 0.15) is 17.3 Å². The zero-order valence-corrected chi connectivity index (χ0v) is 12.7. The average molecular weight is 308 g/mol. The zero-order valence-electron chi connectivity index (χ0n) is 11.1. The van der Waals surface area contributed by atoms with Crippen LogP contribution in [-0.2, 0) is 0 Å². The first-order valence-electron chi connectivity index (χ1n) is 6.31. The molecule has 0 saturated heterocycles. The van der Waals surface area contributed by atoms with E-state index in [1.54, 1.807) is 21.9 Å². The van der Waals surface area contributed by atoms with Gasteiger partial charge in [-0.15, -0.1) is 11.3 Å². The van der Waals surface area contributed by atoms with Crippen molar-refractivity contribution in [2.75, 3.05) is 5.32 Å². The molecule has 7 heteroatoms. The minimum atomic E-state index is 0.195. The van der Waals surface area contributed by atoms with Crippen LogP contribution >= 0.6 is 22.9 Å². The number of hydrogen-bond donors (Lipinski definition) is 1. The second kappa shape index (κ2) is 5.38. The molecule has 0 fully saturated rings. The maximum absolute atomic E-state index is 6.04. The number of hydrogen-bond acceptors (Lipinski definition) is 5. The molecule has 0 radical (unpaired) electrons. The van der Waals surface area contributed by atoms with Crippen molar-refractivity contribution >= 4 is 34.5 Å². The summed E-state index contributed by atoms with van der Waals surface area (Å²) in [6, 6.07) is 6.15. The fourth-order valence-electron chi connectivity index (χ4n) is 2.08. The Morgan fingerprint density at radius 3 is 2.95 bits per heavy atom. The molecule has 5 nitrogen and oxygen atoms in total. The second-order valence-electron chi connectivity index (χ2n) is 4.82. The summed E-state index contributed by atoms with van der Waals surface area (Å²) >= 11 is 7.77. The molecule has 0 amide bonds. The molecule has 104 valence electrons. The number of nitrogens with one attached hydrogen (secondary N) is 1. The van der Waals surface area contributed by atoms with E-state index in [1.165, 1.54) is 11.2 Å². The third kappa shape index (κ3) is 2.48. The third-order valence-electron chi connectivity index (χ3n) is 3.04. The highest BCUT2D eigenvalue weighted by Gasteiger charge is 2.18. The van der Waals surface area contributed by atoms with Crippen LogP contribution in [0.5, 0.6) is 0 Å². The predicted molar refractivity (Wildman–Crippen MR) is 81.3 cm³/mol. The first-order valence-corrected chi connectivity index (χ1v) is 7.57. The molecule has 0 aliphatic heterocycles. The molecule has 3 aromatic heterocycles. The highest BCUT2D eigenvalue weighted by atomic mass is 35.5. The van der Waals surface area contributed by atoms with Crippen molar-refractivity contribution in [3.8, 4) is 0 Å². The predicted octanol–water partition coefficient (Wildman–Crippen LogP) is 3.65. The third-order valence-corrected chi connectivity index (χ3v) is 4.19. The van der Waals surface area contributed by atoms with E-state index >= 15 is 0 Å². The molecule has 0 saturated carbocycles. The normalized spacial score (nSPS) is 13.0. The lowest BCUT2D eigenvalue weighted by Gasteiger charge is -2.22. The molecule has 1 unspecified atom stereocenters. The molecule has 0 spiro atoms. The maximum atomic E-state index is 6.04. The lowest BCUT2D eigenvalue weighted by atomic mass is 10.0. The molecule has 1 atom stereocenters. The van der Waals surface area contributed by atoms with Gasteiger partial charge in [0.15, 0.2) is 0 Å². The second-order valence-corrected chi connectivity index (χ2v) is 6.18. The van der Waals surface area contributed by atoms with Crippen molar-refractivity contribution in [2.45, 2.75) is 19.9 Å². The van der Waals surface area contributed by atoms with Crippen LogP contribution < -0.4 is 5.32 Å². The molecule has 3 aromatic rings. The van der Waals surface area contributed by atoms with Crippen molar-refractivity contribution in [2.24, 2.45) is 5.92 Å². The average Bonchev–Trinajstić information content (AvgIpc) is 3.05. The van der Waals surface area contributed by atoms with E-state index in [-0.39, 0.29) is 6.04 Å². The van der Waals surface area contributed by atoms with E-state index in [2.05, 4.69) is 51.7 Å². The molecule has 3 heterocycles. The summed E-state index contributed by atoms with van der Waals surface area (Å²) < 4.78 is 1.66. The minimum Gasteiger partial charge on any atom is -0.362 e. The largest absolute Gasteiger partial charge is 0.362 e. The highest BCUT2D eigenvalue weighted by Crippen LogP contribution is 2.30. The van der Waals surface area contributed by atoms with Gasteiger partial charge in [-0.1, -0.05) is 31.5 Å². The van der Waals surface area contributed by atoms with Gasteiger partial charge in [-0.2, -0.15) is 19.6 Å². The van der Waals surface area contributed by atoms with Gasteiger partial charge in [-0.3, -0.25) is 0 Å². The standard InChI is InChI=1S/C13H14ClN5S/c1-8(2)12(9-4-3-5-20-9)18-11-6-10(14)17-13-15-7-16-19(11)13/h3-8,12,18H,1-2H3. The van der Waals surface area contributed by atoms with Gasteiger partial charge in [0.25, 0.3) is 5.78 Å². The topological polar surface area (TPSA) is 55.1 Å². The van der Waals surface area contributed by atoms with E-state index in [0.29, 0.717) is 16.8 Å². The van der Waals surface area contributed by atoms with E-state index < -0.39 is 0 Å². The Morgan fingerprint density at radius 1 is 1.40 bits per heavy atom. The van der Waals surface area contributed by atoms with E-state index in [1.807, 2.05) is 0 Å². The van der Waals surface area contributed by atoms with Gasteiger partial charge >= 0.3 is 0 Å². The fraction of sp³-hybridized carbons (Fsp3) is 0.308. The van der Waals surface area contributed by atoms with Crippen LogP contribution in [-0.4, -0.2) is 19.6 Å². The monoisotopic (exact) mass is 307 g/mol. The van der Waals surface area contributed by atoms with Gasteiger partial charge in [0, 0.05) is 10.9 Å². The summed E-state index contributed by atoms with van der Waals surface area (Å²) in [5.41, 5.74) is 0. The number of halogens is 1. The first kappa shape index (κ1) is 13.3. The Morgan fingerprint density at radius 2 is 2.25 bits per heavy atom. The lowest BCUT2D eigenvalue weighted by molar-refractivity contribution is 0.550. The van der Waals surface area contributed by atoms with Crippen molar-refractivity contribution in [1.29, 1.82) is 0 Å². The van der Waals surface area contributed by atoms with Crippen LogP contribution in [0.1, 0.15) is 24.8 Å².